The predicted octanol–water partition coefficient (Wildman–Crippen LogP) is 1.21. The molecule has 0 aliphatic rings. The Hall–Kier alpha value is -0.620. The maximum atomic E-state index is 11.6. The first-order valence-electron chi connectivity index (χ1n) is 5.11. The molecule has 0 aromatic heterocycles. The lowest BCUT2D eigenvalue weighted by Gasteiger charge is -2.23. The molecule has 0 saturated carbocycles. The van der Waals surface area contributed by atoms with E-state index >= 15 is 0 Å². The molecule has 2 N–H and O–H groups in total. The molecule has 0 atom stereocenters. The Morgan fingerprint density at radius 3 is 1.94 bits per heavy atom. The zero-order chi connectivity index (χ0) is 13.2. The third-order valence-corrected chi connectivity index (χ3v) is 3.63. The molecule has 0 rings (SSSR count). The molecule has 6 heteroatoms. The average molecular weight is 251 g/mol. The SMILES string of the molecule is CC(C)(C)CCS(=O)(=O)NC(C)(C)C(=O)O. The van der Waals surface area contributed by atoms with E-state index in [4.69, 9.17) is 5.11 Å². The van der Waals surface area contributed by atoms with Crippen molar-refractivity contribution in [2.75, 3.05) is 5.75 Å². The van der Waals surface area contributed by atoms with E-state index in [2.05, 4.69) is 4.72 Å². The van der Waals surface area contributed by atoms with Crippen molar-refractivity contribution in [3.63, 3.8) is 0 Å². The highest BCUT2D eigenvalue weighted by molar-refractivity contribution is 7.89. The monoisotopic (exact) mass is 251 g/mol. The smallest absolute Gasteiger partial charge is 0.324 e. The van der Waals surface area contributed by atoms with Crippen LogP contribution < -0.4 is 4.72 Å². The van der Waals surface area contributed by atoms with Gasteiger partial charge in [0.25, 0.3) is 0 Å². The van der Waals surface area contributed by atoms with Crippen LogP contribution >= 0.6 is 0 Å². The fraction of sp³-hybridized carbons (Fsp3) is 0.900. The molecule has 0 heterocycles. The molecular formula is C10H21NO4S. The highest BCUT2D eigenvalue weighted by Crippen LogP contribution is 2.19. The summed E-state index contributed by atoms with van der Waals surface area (Å²) in [7, 11) is -3.55. The fourth-order valence-electron chi connectivity index (χ4n) is 0.924. The number of sulfonamides is 1. The van der Waals surface area contributed by atoms with E-state index in [1.807, 2.05) is 20.8 Å². The van der Waals surface area contributed by atoms with Gasteiger partial charge in [0.15, 0.2) is 0 Å². The van der Waals surface area contributed by atoms with E-state index < -0.39 is 21.5 Å². The van der Waals surface area contributed by atoms with Gasteiger partial charge in [-0.3, -0.25) is 4.79 Å². The molecule has 0 saturated heterocycles. The number of aliphatic carboxylic acids is 1. The molecule has 5 nitrogen and oxygen atoms in total. The normalized spacial score (nSPS) is 13.8. The van der Waals surface area contributed by atoms with Crippen LogP contribution in [0.15, 0.2) is 0 Å². The van der Waals surface area contributed by atoms with Gasteiger partial charge in [-0.25, -0.2) is 8.42 Å². The number of carboxylic acids is 1. The topological polar surface area (TPSA) is 83.5 Å². The third kappa shape index (κ3) is 6.07. The number of carboxylic acid groups (broad SMARTS) is 1. The molecule has 0 aromatic carbocycles. The maximum Gasteiger partial charge on any atom is 0.324 e. The van der Waals surface area contributed by atoms with Gasteiger partial charge < -0.3 is 5.11 Å². The van der Waals surface area contributed by atoms with Crippen LogP contribution in [0.4, 0.5) is 0 Å². The van der Waals surface area contributed by atoms with Crippen molar-refractivity contribution in [2.24, 2.45) is 5.41 Å². The molecule has 0 spiro atoms. The Kier molecular flexibility index (Phi) is 4.53. The van der Waals surface area contributed by atoms with Gasteiger partial charge in [0.2, 0.25) is 10.0 Å². The molecule has 0 unspecified atom stereocenters. The van der Waals surface area contributed by atoms with Gasteiger partial charge in [-0.15, -0.1) is 0 Å². The van der Waals surface area contributed by atoms with Crippen molar-refractivity contribution in [3.8, 4) is 0 Å². The Morgan fingerprint density at radius 1 is 1.19 bits per heavy atom. The molecular weight excluding hydrogens is 230 g/mol. The highest BCUT2D eigenvalue weighted by atomic mass is 32.2. The second kappa shape index (κ2) is 4.71. The minimum Gasteiger partial charge on any atom is -0.480 e. The quantitative estimate of drug-likeness (QED) is 0.769. The van der Waals surface area contributed by atoms with Crippen molar-refractivity contribution >= 4 is 16.0 Å². The minimum absolute atomic E-state index is 0.0623. The fourth-order valence-corrected chi connectivity index (χ4v) is 2.77. The lowest BCUT2D eigenvalue weighted by molar-refractivity contribution is -0.142. The predicted molar refractivity (Wildman–Crippen MR) is 62.7 cm³/mol. The lowest BCUT2D eigenvalue weighted by Crippen LogP contribution is -2.50. The van der Waals surface area contributed by atoms with Crippen LogP contribution in [0.25, 0.3) is 0 Å². The van der Waals surface area contributed by atoms with Gasteiger partial charge >= 0.3 is 5.97 Å². The molecule has 96 valence electrons. The van der Waals surface area contributed by atoms with E-state index in [-0.39, 0.29) is 11.2 Å². The number of carbonyl (C=O) groups is 1. The van der Waals surface area contributed by atoms with Crippen molar-refractivity contribution in [3.05, 3.63) is 0 Å². The zero-order valence-corrected chi connectivity index (χ0v) is 11.3. The summed E-state index contributed by atoms with van der Waals surface area (Å²) in [5, 5.41) is 8.81. The number of nitrogens with one attached hydrogen (secondary N) is 1. The summed E-state index contributed by atoms with van der Waals surface area (Å²) in [6.45, 7) is 8.45. The molecule has 0 radical (unpaired) electrons. The molecule has 0 aliphatic heterocycles. The summed E-state index contributed by atoms with van der Waals surface area (Å²) in [5.74, 6) is -1.25. The Labute approximate surface area is 97.3 Å². The Morgan fingerprint density at radius 2 is 1.62 bits per heavy atom. The van der Waals surface area contributed by atoms with Crippen LogP contribution in [0.5, 0.6) is 0 Å². The van der Waals surface area contributed by atoms with Crippen LogP contribution in [0.1, 0.15) is 41.0 Å². The summed E-state index contributed by atoms with van der Waals surface area (Å²) in [6.07, 6.45) is 0.484. The minimum atomic E-state index is -3.55. The van der Waals surface area contributed by atoms with Gasteiger partial charge in [0.1, 0.15) is 5.54 Å². The van der Waals surface area contributed by atoms with E-state index in [0.29, 0.717) is 6.42 Å². The average Bonchev–Trinajstić information content (AvgIpc) is 1.97. The second-order valence-corrected chi connectivity index (χ2v) is 7.50. The molecule has 0 aliphatic carbocycles. The number of rotatable bonds is 5. The third-order valence-electron chi connectivity index (χ3n) is 2.07. The van der Waals surface area contributed by atoms with Gasteiger partial charge in [0, 0.05) is 0 Å². The molecule has 0 aromatic rings. The van der Waals surface area contributed by atoms with Crippen molar-refractivity contribution < 1.29 is 18.3 Å². The summed E-state index contributed by atoms with van der Waals surface area (Å²) in [4.78, 5) is 10.8. The second-order valence-electron chi connectivity index (χ2n) is 5.66. The van der Waals surface area contributed by atoms with Gasteiger partial charge in [-0.05, 0) is 25.7 Å². The van der Waals surface area contributed by atoms with Gasteiger partial charge in [-0.2, -0.15) is 4.72 Å². The Balaban J connectivity index is 4.55. The van der Waals surface area contributed by atoms with Crippen LogP contribution in [-0.2, 0) is 14.8 Å². The number of hydrogen-bond acceptors (Lipinski definition) is 3. The number of hydrogen-bond donors (Lipinski definition) is 2. The lowest BCUT2D eigenvalue weighted by atomic mass is 9.94. The van der Waals surface area contributed by atoms with Gasteiger partial charge in [-0.1, -0.05) is 20.8 Å². The highest BCUT2D eigenvalue weighted by Gasteiger charge is 2.32. The standard InChI is InChI=1S/C10H21NO4S/c1-9(2,3)6-7-16(14,15)11-10(4,5)8(12)13/h11H,6-7H2,1-5H3,(H,12,13). The summed E-state index contributed by atoms with van der Waals surface area (Å²) in [5.41, 5.74) is -1.56. The first kappa shape index (κ1) is 15.4. The van der Waals surface area contributed by atoms with Crippen LogP contribution in [0, 0.1) is 5.41 Å². The van der Waals surface area contributed by atoms with Crippen LogP contribution in [-0.4, -0.2) is 30.8 Å². The van der Waals surface area contributed by atoms with E-state index in [1.165, 1.54) is 13.8 Å². The summed E-state index contributed by atoms with van der Waals surface area (Å²) >= 11 is 0. The Bertz CT molecular complexity index is 352. The summed E-state index contributed by atoms with van der Waals surface area (Å²) < 4.78 is 25.4. The molecule has 0 bridgehead atoms. The first-order valence-corrected chi connectivity index (χ1v) is 6.76. The summed E-state index contributed by atoms with van der Waals surface area (Å²) in [6, 6.07) is 0. The maximum absolute atomic E-state index is 11.6. The van der Waals surface area contributed by atoms with Crippen LogP contribution in [0.2, 0.25) is 0 Å². The molecule has 16 heavy (non-hydrogen) atoms. The van der Waals surface area contributed by atoms with Crippen molar-refractivity contribution in [1.82, 2.24) is 4.72 Å². The van der Waals surface area contributed by atoms with E-state index in [0.717, 1.165) is 0 Å². The van der Waals surface area contributed by atoms with Crippen LogP contribution in [0.3, 0.4) is 0 Å². The zero-order valence-electron chi connectivity index (χ0n) is 10.5. The largest absolute Gasteiger partial charge is 0.480 e. The van der Waals surface area contributed by atoms with Crippen molar-refractivity contribution in [2.45, 2.75) is 46.6 Å². The molecule has 0 amide bonds. The van der Waals surface area contributed by atoms with E-state index in [1.54, 1.807) is 0 Å². The first-order chi connectivity index (χ1) is 6.86. The van der Waals surface area contributed by atoms with Crippen molar-refractivity contribution in [1.29, 1.82) is 0 Å². The van der Waals surface area contributed by atoms with E-state index in [9.17, 15) is 13.2 Å². The molecule has 0 fully saturated rings. The van der Waals surface area contributed by atoms with Gasteiger partial charge in [0.05, 0.1) is 5.75 Å².